The van der Waals surface area contributed by atoms with Gasteiger partial charge in [0.05, 0.1) is 12.1 Å². The number of carbonyl (C=O) groups is 1. The number of ether oxygens (including phenoxy) is 1. The molecule has 1 aromatic carbocycles. The Bertz CT molecular complexity index is 681. The van der Waals surface area contributed by atoms with Crippen LogP contribution in [-0.4, -0.2) is 22.7 Å². The number of aromatic amines is 1. The van der Waals surface area contributed by atoms with E-state index < -0.39 is 11.8 Å². The summed E-state index contributed by atoms with van der Waals surface area (Å²) in [6.07, 6.45) is 0. The zero-order valence-corrected chi connectivity index (χ0v) is 10.3. The first-order valence-electron chi connectivity index (χ1n) is 5.26. The van der Waals surface area contributed by atoms with Crippen LogP contribution in [0.1, 0.15) is 17.3 Å². The molecule has 2 N–H and O–H groups in total. The van der Waals surface area contributed by atoms with E-state index in [0.717, 1.165) is 6.07 Å². The molecular formula is C12H10FNO3S. The van der Waals surface area contributed by atoms with Crippen molar-refractivity contribution in [2.24, 2.45) is 0 Å². The number of aromatic nitrogens is 1. The Hall–Kier alpha value is -1.95. The molecule has 0 spiro atoms. The Morgan fingerprint density at radius 1 is 1.56 bits per heavy atom. The van der Waals surface area contributed by atoms with E-state index in [-0.39, 0.29) is 27.9 Å². The first kappa shape index (κ1) is 12.5. The monoisotopic (exact) mass is 267 g/mol. The van der Waals surface area contributed by atoms with Gasteiger partial charge in [0.1, 0.15) is 21.8 Å². The molecule has 0 aliphatic carbocycles. The third kappa shape index (κ3) is 2.06. The topological polar surface area (TPSA) is 62.3 Å². The second-order valence-electron chi connectivity index (χ2n) is 3.59. The number of rotatable bonds is 2. The minimum absolute atomic E-state index is 0.0602. The molecule has 0 saturated carbocycles. The molecule has 0 aliphatic rings. The number of carbonyl (C=O) groups excluding carboxylic acids is 1. The number of hydrogen-bond acceptors (Lipinski definition) is 4. The molecule has 0 aliphatic heterocycles. The van der Waals surface area contributed by atoms with Crippen LogP contribution in [0.3, 0.4) is 0 Å². The molecule has 0 unspecified atom stereocenters. The minimum atomic E-state index is -0.734. The zero-order valence-electron chi connectivity index (χ0n) is 9.49. The van der Waals surface area contributed by atoms with Gasteiger partial charge in [0.15, 0.2) is 0 Å². The molecule has 6 heteroatoms. The van der Waals surface area contributed by atoms with Gasteiger partial charge in [-0.15, -0.1) is 0 Å². The highest BCUT2D eigenvalue weighted by Gasteiger charge is 2.18. The van der Waals surface area contributed by atoms with E-state index in [9.17, 15) is 14.3 Å². The number of nitrogens with one attached hydrogen (secondary N) is 1. The molecule has 4 nitrogen and oxygen atoms in total. The van der Waals surface area contributed by atoms with E-state index >= 15 is 0 Å². The fraction of sp³-hybridized carbons (Fsp3) is 0.167. The van der Waals surface area contributed by atoms with Gasteiger partial charge >= 0.3 is 5.97 Å². The molecule has 1 aromatic heterocycles. The number of hydrogen-bond donors (Lipinski definition) is 2. The Labute approximate surface area is 107 Å². The summed E-state index contributed by atoms with van der Waals surface area (Å²) in [6, 6.07) is 3.80. The Kier molecular flexibility index (Phi) is 3.29. The molecule has 18 heavy (non-hydrogen) atoms. The predicted octanol–water partition coefficient (Wildman–Crippen LogP) is 2.92. The fourth-order valence-corrected chi connectivity index (χ4v) is 1.93. The number of H-pyrrole nitrogens is 1. The van der Waals surface area contributed by atoms with E-state index in [2.05, 4.69) is 4.98 Å². The highest BCUT2D eigenvalue weighted by Crippen LogP contribution is 2.29. The lowest BCUT2D eigenvalue weighted by Gasteiger charge is -2.08. The van der Waals surface area contributed by atoms with Crippen LogP contribution in [0, 0.1) is 10.5 Å². The van der Waals surface area contributed by atoms with Crippen LogP contribution in [0.4, 0.5) is 4.39 Å². The maximum absolute atomic E-state index is 13.1. The summed E-state index contributed by atoms with van der Waals surface area (Å²) in [5.41, 5.74) is 0.303. The van der Waals surface area contributed by atoms with Gasteiger partial charge in [0.2, 0.25) is 0 Å². The molecule has 0 amide bonds. The number of pyridine rings is 1. The van der Waals surface area contributed by atoms with Crippen LogP contribution < -0.4 is 0 Å². The summed E-state index contributed by atoms with van der Waals surface area (Å²) in [7, 11) is 0. The average Bonchev–Trinajstić information content (AvgIpc) is 2.31. The SMILES string of the molecule is CCOC(=O)c1c(O)c2cc(F)ccc2[nH]c1=S. The summed E-state index contributed by atoms with van der Waals surface area (Å²) in [5, 5.41) is 10.2. The highest BCUT2D eigenvalue weighted by atomic mass is 32.1. The largest absolute Gasteiger partial charge is 0.506 e. The standard InChI is InChI=1S/C12H10FNO3S/c1-2-17-12(16)9-10(15)7-5-6(13)3-4-8(7)14-11(9)18/h3-5H,2H2,1H3,(H2,14,15,18). The summed E-state index contributed by atoms with van der Waals surface area (Å²) in [5.74, 6) is -1.62. The van der Waals surface area contributed by atoms with E-state index in [1.54, 1.807) is 6.92 Å². The van der Waals surface area contributed by atoms with Crippen LogP contribution >= 0.6 is 12.2 Å². The number of halogens is 1. The lowest BCUT2D eigenvalue weighted by Crippen LogP contribution is -2.07. The predicted molar refractivity (Wildman–Crippen MR) is 66.7 cm³/mol. The van der Waals surface area contributed by atoms with E-state index in [4.69, 9.17) is 17.0 Å². The summed E-state index contributed by atoms with van der Waals surface area (Å²) in [6.45, 7) is 1.80. The molecule has 2 aromatic rings. The van der Waals surface area contributed by atoms with Crippen molar-refractivity contribution < 1.29 is 19.0 Å². The van der Waals surface area contributed by atoms with Crippen molar-refractivity contribution in [3.05, 3.63) is 34.2 Å². The lowest BCUT2D eigenvalue weighted by molar-refractivity contribution is 0.0522. The normalized spacial score (nSPS) is 10.6. The number of aromatic hydroxyl groups is 1. The molecule has 0 atom stereocenters. The third-order valence-electron chi connectivity index (χ3n) is 2.43. The van der Waals surface area contributed by atoms with Crippen molar-refractivity contribution in [3.63, 3.8) is 0 Å². The third-order valence-corrected chi connectivity index (χ3v) is 2.73. The molecule has 0 radical (unpaired) electrons. The molecular weight excluding hydrogens is 257 g/mol. The van der Waals surface area contributed by atoms with Gasteiger partial charge in [-0.2, -0.15) is 0 Å². The zero-order chi connectivity index (χ0) is 13.3. The first-order valence-corrected chi connectivity index (χ1v) is 5.67. The van der Waals surface area contributed by atoms with Gasteiger partial charge < -0.3 is 14.8 Å². The van der Waals surface area contributed by atoms with Crippen LogP contribution in [0.2, 0.25) is 0 Å². The van der Waals surface area contributed by atoms with Crippen LogP contribution in [0.25, 0.3) is 10.9 Å². The first-order chi connectivity index (χ1) is 8.54. The summed E-state index contributed by atoms with van der Waals surface area (Å²) in [4.78, 5) is 14.4. The van der Waals surface area contributed by atoms with Crippen LogP contribution in [-0.2, 0) is 4.74 Å². The van der Waals surface area contributed by atoms with E-state index in [1.165, 1.54) is 12.1 Å². The maximum atomic E-state index is 13.1. The Morgan fingerprint density at radius 2 is 2.28 bits per heavy atom. The Balaban J connectivity index is 2.75. The van der Waals surface area contributed by atoms with Crippen molar-refractivity contribution in [2.75, 3.05) is 6.61 Å². The number of esters is 1. The average molecular weight is 267 g/mol. The molecule has 0 fully saturated rings. The molecule has 0 saturated heterocycles. The van der Waals surface area contributed by atoms with Gasteiger partial charge in [-0.1, -0.05) is 12.2 Å². The van der Waals surface area contributed by atoms with Crippen molar-refractivity contribution in [1.82, 2.24) is 4.98 Å². The summed E-state index contributed by atoms with van der Waals surface area (Å²) >= 11 is 4.98. The van der Waals surface area contributed by atoms with Crippen LogP contribution in [0.5, 0.6) is 5.75 Å². The van der Waals surface area contributed by atoms with E-state index in [0.29, 0.717) is 5.52 Å². The fourth-order valence-electron chi connectivity index (χ4n) is 1.64. The van der Waals surface area contributed by atoms with Crippen molar-refractivity contribution in [1.29, 1.82) is 0 Å². The highest BCUT2D eigenvalue weighted by molar-refractivity contribution is 7.71. The second kappa shape index (κ2) is 4.73. The second-order valence-corrected chi connectivity index (χ2v) is 4.00. The molecule has 94 valence electrons. The van der Waals surface area contributed by atoms with Gasteiger partial charge in [-0.3, -0.25) is 0 Å². The number of benzene rings is 1. The van der Waals surface area contributed by atoms with E-state index in [1.807, 2.05) is 0 Å². The summed E-state index contributed by atoms with van der Waals surface area (Å²) < 4.78 is 18.0. The quantitative estimate of drug-likeness (QED) is 0.648. The van der Waals surface area contributed by atoms with Crippen molar-refractivity contribution in [3.8, 4) is 5.75 Å². The Morgan fingerprint density at radius 3 is 2.94 bits per heavy atom. The van der Waals surface area contributed by atoms with Gasteiger partial charge in [-0.05, 0) is 25.1 Å². The molecule has 1 heterocycles. The van der Waals surface area contributed by atoms with Gasteiger partial charge in [0.25, 0.3) is 0 Å². The van der Waals surface area contributed by atoms with Gasteiger partial charge in [-0.25, -0.2) is 9.18 Å². The van der Waals surface area contributed by atoms with Crippen LogP contribution in [0.15, 0.2) is 18.2 Å². The number of fused-ring (bicyclic) bond motifs is 1. The maximum Gasteiger partial charge on any atom is 0.344 e. The minimum Gasteiger partial charge on any atom is -0.506 e. The molecule has 0 bridgehead atoms. The van der Waals surface area contributed by atoms with Crippen molar-refractivity contribution >= 4 is 29.1 Å². The lowest BCUT2D eigenvalue weighted by atomic mass is 10.1. The smallest absolute Gasteiger partial charge is 0.344 e. The molecule has 2 rings (SSSR count). The van der Waals surface area contributed by atoms with Crippen molar-refractivity contribution in [2.45, 2.75) is 6.92 Å². The van der Waals surface area contributed by atoms with Gasteiger partial charge in [0, 0.05) is 5.39 Å².